The maximum atomic E-state index is 14.0. The van der Waals surface area contributed by atoms with Crippen LogP contribution in [0.1, 0.15) is 17.0 Å². The molecule has 0 saturated heterocycles. The lowest BCUT2D eigenvalue weighted by Crippen LogP contribution is -2.41. The fraction of sp³-hybridized carbons (Fsp3) is 0.211. The van der Waals surface area contributed by atoms with E-state index in [4.69, 9.17) is 5.11 Å². The van der Waals surface area contributed by atoms with Gasteiger partial charge >= 0.3 is 5.97 Å². The monoisotopic (exact) mass is 420 g/mol. The Hall–Kier alpha value is -2.52. The second-order valence-electron chi connectivity index (χ2n) is 6.42. The van der Waals surface area contributed by atoms with Gasteiger partial charge in [-0.05, 0) is 36.8 Å². The number of halogens is 2. The third kappa shape index (κ3) is 3.35. The normalized spacial score (nSPS) is 16.5. The fourth-order valence-electron chi connectivity index (χ4n) is 3.07. The van der Waals surface area contributed by atoms with E-state index in [1.54, 1.807) is 6.07 Å². The Morgan fingerprint density at radius 3 is 2.82 bits per heavy atom. The van der Waals surface area contributed by atoms with Gasteiger partial charge < -0.3 is 10.0 Å². The average molecular weight is 420 g/mol. The molecule has 144 valence electrons. The summed E-state index contributed by atoms with van der Waals surface area (Å²) in [6.07, 6.45) is -0.299. The van der Waals surface area contributed by atoms with Crippen molar-refractivity contribution in [2.24, 2.45) is 0 Å². The summed E-state index contributed by atoms with van der Waals surface area (Å²) >= 11 is 2.22. The Morgan fingerprint density at radius 1 is 1.29 bits per heavy atom. The number of anilines is 1. The van der Waals surface area contributed by atoms with Gasteiger partial charge in [0.2, 0.25) is 5.91 Å². The van der Waals surface area contributed by atoms with Crippen molar-refractivity contribution in [2.45, 2.75) is 30.0 Å². The van der Waals surface area contributed by atoms with Gasteiger partial charge in [0.1, 0.15) is 5.01 Å². The van der Waals surface area contributed by atoms with E-state index in [0.717, 1.165) is 27.9 Å². The van der Waals surface area contributed by atoms with Gasteiger partial charge in [-0.15, -0.1) is 23.1 Å². The number of nitrogens with zero attached hydrogens (tertiary/aromatic N) is 2. The minimum Gasteiger partial charge on any atom is -0.481 e. The van der Waals surface area contributed by atoms with Gasteiger partial charge in [-0.2, -0.15) is 0 Å². The molecule has 28 heavy (non-hydrogen) atoms. The summed E-state index contributed by atoms with van der Waals surface area (Å²) < 4.78 is 27.6. The first-order valence-electron chi connectivity index (χ1n) is 8.37. The number of rotatable bonds is 4. The van der Waals surface area contributed by atoms with Crippen LogP contribution in [-0.2, 0) is 16.1 Å². The van der Waals surface area contributed by atoms with Gasteiger partial charge in [-0.3, -0.25) is 9.59 Å². The average Bonchev–Trinajstić information content (AvgIpc) is 3.05. The van der Waals surface area contributed by atoms with Crippen molar-refractivity contribution in [3.8, 4) is 0 Å². The molecule has 1 unspecified atom stereocenters. The summed E-state index contributed by atoms with van der Waals surface area (Å²) in [4.78, 5) is 30.7. The SMILES string of the molecule is Cc1ccc2c(c1)SC(CC(=O)O)C(=O)N2Cc1nc2ccc(F)c(F)c2s1. The van der Waals surface area contributed by atoms with Crippen molar-refractivity contribution in [1.29, 1.82) is 0 Å². The first-order valence-corrected chi connectivity index (χ1v) is 10.1. The summed E-state index contributed by atoms with van der Waals surface area (Å²) in [6.45, 7) is 1.98. The number of carboxylic acid groups (broad SMARTS) is 1. The lowest BCUT2D eigenvalue weighted by atomic mass is 10.1. The molecule has 5 nitrogen and oxygen atoms in total. The van der Waals surface area contributed by atoms with E-state index in [9.17, 15) is 18.4 Å². The zero-order chi connectivity index (χ0) is 20.0. The molecule has 1 atom stereocenters. The van der Waals surface area contributed by atoms with Crippen molar-refractivity contribution >= 4 is 50.9 Å². The molecular weight excluding hydrogens is 406 g/mol. The Balaban J connectivity index is 1.74. The predicted molar refractivity (Wildman–Crippen MR) is 104 cm³/mol. The first-order chi connectivity index (χ1) is 13.3. The van der Waals surface area contributed by atoms with Crippen LogP contribution in [-0.4, -0.2) is 27.2 Å². The van der Waals surface area contributed by atoms with E-state index in [0.29, 0.717) is 16.2 Å². The number of carboxylic acids is 1. The molecule has 2 aromatic carbocycles. The maximum absolute atomic E-state index is 14.0. The van der Waals surface area contributed by atoms with Crippen molar-refractivity contribution in [1.82, 2.24) is 4.98 Å². The van der Waals surface area contributed by atoms with E-state index in [-0.39, 0.29) is 23.6 Å². The number of hydrogen-bond donors (Lipinski definition) is 1. The van der Waals surface area contributed by atoms with Crippen molar-refractivity contribution in [3.63, 3.8) is 0 Å². The lowest BCUT2D eigenvalue weighted by Gasteiger charge is -2.33. The summed E-state index contributed by atoms with van der Waals surface area (Å²) in [5.74, 6) is -3.30. The standard InChI is InChI=1S/C19H14F2N2O3S2/c1-9-2-5-12-13(6-9)27-14(7-16(24)25)19(26)23(12)8-15-22-11-4-3-10(20)17(21)18(11)28-15/h2-6,14H,7-8H2,1H3,(H,24,25). The van der Waals surface area contributed by atoms with E-state index in [1.165, 1.54) is 22.7 Å². The van der Waals surface area contributed by atoms with Crippen LogP contribution < -0.4 is 4.90 Å². The van der Waals surface area contributed by atoms with Gasteiger partial charge in [0.05, 0.1) is 34.1 Å². The number of aliphatic carboxylic acids is 1. The van der Waals surface area contributed by atoms with Crippen LogP contribution >= 0.6 is 23.1 Å². The Bertz CT molecular complexity index is 1120. The largest absolute Gasteiger partial charge is 0.481 e. The number of amides is 1. The van der Waals surface area contributed by atoms with E-state index in [2.05, 4.69) is 4.98 Å². The number of carbonyl (C=O) groups is 2. The highest BCUT2D eigenvalue weighted by Crippen LogP contribution is 2.42. The van der Waals surface area contributed by atoms with E-state index in [1.807, 2.05) is 19.1 Å². The first kappa shape index (κ1) is 18.8. The Labute approximate surface area is 167 Å². The molecule has 9 heteroatoms. The highest BCUT2D eigenvalue weighted by Gasteiger charge is 2.35. The lowest BCUT2D eigenvalue weighted by molar-refractivity contribution is -0.138. The molecule has 0 bridgehead atoms. The van der Waals surface area contributed by atoms with Gasteiger partial charge in [0.15, 0.2) is 11.6 Å². The van der Waals surface area contributed by atoms with E-state index >= 15 is 0 Å². The van der Waals surface area contributed by atoms with Gasteiger partial charge in [0, 0.05) is 4.90 Å². The van der Waals surface area contributed by atoms with Crippen LogP contribution in [0.2, 0.25) is 0 Å². The van der Waals surface area contributed by atoms with E-state index < -0.39 is 22.9 Å². The Kier molecular flexibility index (Phi) is 4.80. The summed E-state index contributed by atoms with van der Waals surface area (Å²) in [5.41, 5.74) is 1.98. The number of thiazole rings is 1. The number of aromatic nitrogens is 1. The molecule has 1 aromatic heterocycles. The minimum atomic E-state index is -1.06. The van der Waals surface area contributed by atoms with Crippen molar-refractivity contribution in [3.05, 3.63) is 52.5 Å². The summed E-state index contributed by atoms with van der Waals surface area (Å²) in [5, 5.41) is 8.83. The quantitative estimate of drug-likeness (QED) is 0.679. The van der Waals surface area contributed by atoms with Crippen LogP contribution in [0.15, 0.2) is 35.2 Å². The van der Waals surface area contributed by atoms with Crippen LogP contribution in [0.25, 0.3) is 10.2 Å². The molecule has 0 aliphatic carbocycles. The van der Waals surface area contributed by atoms with Crippen LogP contribution in [0.4, 0.5) is 14.5 Å². The van der Waals surface area contributed by atoms with Gasteiger partial charge in [0.25, 0.3) is 0 Å². The molecule has 1 aliphatic heterocycles. The van der Waals surface area contributed by atoms with Crippen LogP contribution in [0, 0.1) is 18.6 Å². The molecule has 1 aliphatic rings. The maximum Gasteiger partial charge on any atom is 0.305 e. The number of benzene rings is 2. The smallest absolute Gasteiger partial charge is 0.305 e. The highest BCUT2D eigenvalue weighted by molar-refractivity contribution is 8.01. The van der Waals surface area contributed by atoms with Gasteiger partial charge in [-0.25, -0.2) is 13.8 Å². The second-order valence-corrected chi connectivity index (χ2v) is 8.75. The molecule has 0 radical (unpaired) electrons. The third-order valence-electron chi connectivity index (χ3n) is 4.36. The fourth-order valence-corrected chi connectivity index (χ4v) is 5.36. The molecule has 0 fully saturated rings. The number of fused-ring (bicyclic) bond motifs is 2. The molecule has 1 amide bonds. The molecule has 2 heterocycles. The number of aryl methyl sites for hydroxylation is 1. The third-order valence-corrected chi connectivity index (χ3v) is 6.65. The molecule has 3 aromatic rings. The number of carbonyl (C=O) groups excluding carboxylic acids is 1. The minimum absolute atomic E-state index is 0.0615. The van der Waals surface area contributed by atoms with Crippen molar-refractivity contribution in [2.75, 3.05) is 4.90 Å². The highest BCUT2D eigenvalue weighted by atomic mass is 32.2. The molecule has 4 rings (SSSR count). The van der Waals surface area contributed by atoms with Crippen LogP contribution in [0.5, 0.6) is 0 Å². The molecular formula is C19H14F2N2O3S2. The van der Waals surface area contributed by atoms with Gasteiger partial charge in [-0.1, -0.05) is 6.07 Å². The summed E-state index contributed by atoms with van der Waals surface area (Å²) in [7, 11) is 0. The molecule has 1 N–H and O–H groups in total. The predicted octanol–water partition coefficient (Wildman–Crippen LogP) is 4.37. The number of hydrogen-bond acceptors (Lipinski definition) is 5. The zero-order valence-electron chi connectivity index (χ0n) is 14.6. The topological polar surface area (TPSA) is 70.5 Å². The zero-order valence-corrected chi connectivity index (χ0v) is 16.2. The molecule has 0 spiro atoms. The van der Waals surface area contributed by atoms with Crippen molar-refractivity contribution < 1.29 is 23.5 Å². The Morgan fingerprint density at radius 2 is 2.07 bits per heavy atom. The number of thioether (sulfide) groups is 1. The second kappa shape index (κ2) is 7.14. The van der Waals surface area contributed by atoms with Crippen LogP contribution in [0.3, 0.4) is 0 Å². The molecule has 0 saturated carbocycles. The summed E-state index contributed by atoms with van der Waals surface area (Å²) in [6, 6.07) is 7.99.